The van der Waals surface area contributed by atoms with Gasteiger partial charge >= 0.3 is 6.03 Å². The first-order valence-corrected chi connectivity index (χ1v) is 9.41. The Bertz CT molecular complexity index is 649. The molecule has 7 nitrogen and oxygen atoms in total. The standard InChI is InChI=1S/C18H26N6O/c1-14-6-9-20-24(14)18(25)23-12-10-22(11-13-23)17-19-8-7-16(21-17)15-4-2-3-5-15/h7-9,14-15H,2-6,10-13H2,1H3. The van der Waals surface area contributed by atoms with Gasteiger partial charge in [0.05, 0.1) is 6.04 Å². The van der Waals surface area contributed by atoms with Crippen LogP contribution in [0.2, 0.25) is 0 Å². The van der Waals surface area contributed by atoms with Crippen LogP contribution in [0.25, 0.3) is 0 Å². The van der Waals surface area contributed by atoms with E-state index in [0.717, 1.165) is 25.5 Å². The molecule has 0 bridgehead atoms. The van der Waals surface area contributed by atoms with E-state index in [0.29, 0.717) is 19.0 Å². The van der Waals surface area contributed by atoms with Crippen molar-refractivity contribution in [1.82, 2.24) is 19.9 Å². The topological polar surface area (TPSA) is 64.9 Å². The van der Waals surface area contributed by atoms with Gasteiger partial charge in [0.15, 0.2) is 0 Å². The van der Waals surface area contributed by atoms with Crippen LogP contribution in [0.15, 0.2) is 17.4 Å². The summed E-state index contributed by atoms with van der Waals surface area (Å²) in [5.41, 5.74) is 1.18. The summed E-state index contributed by atoms with van der Waals surface area (Å²) < 4.78 is 0. The number of carbonyl (C=O) groups is 1. The van der Waals surface area contributed by atoms with Crippen molar-refractivity contribution in [3.63, 3.8) is 0 Å². The van der Waals surface area contributed by atoms with Gasteiger partial charge in [-0.25, -0.2) is 19.8 Å². The maximum absolute atomic E-state index is 12.6. The number of anilines is 1. The number of hydrogen-bond donors (Lipinski definition) is 0. The summed E-state index contributed by atoms with van der Waals surface area (Å²) >= 11 is 0. The van der Waals surface area contributed by atoms with E-state index < -0.39 is 0 Å². The highest BCUT2D eigenvalue weighted by Gasteiger charge is 2.30. The molecule has 0 radical (unpaired) electrons. The number of carbonyl (C=O) groups excluding carboxylic acids is 1. The predicted molar refractivity (Wildman–Crippen MR) is 96.8 cm³/mol. The zero-order valence-corrected chi connectivity index (χ0v) is 14.8. The zero-order chi connectivity index (χ0) is 17.2. The Morgan fingerprint density at radius 2 is 1.92 bits per heavy atom. The van der Waals surface area contributed by atoms with Gasteiger partial charge in [-0.2, -0.15) is 5.10 Å². The molecule has 3 aliphatic rings. The van der Waals surface area contributed by atoms with Crippen molar-refractivity contribution in [1.29, 1.82) is 0 Å². The summed E-state index contributed by atoms with van der Waals surface area (Å²) in [5, 5.41) is 5.81. The number of aromatic nitrogens is 2. The minimum Gasteiger partial charge on any atom is -0.337 e. The van der Waals surface area contributed by atoms with Crippen molar-refractivity contribution in [3.05, 3.63) is 18.0 Å². The molecule has 7 heteroatoms. The fraction of sp³-hybridized carbons (Fsp3) is 0.667. The number of urea groups is 1. The molecule has 2 amide bonds. The van der Waals surface area contributed by atoms with E-state index >= 15 is 0 Å². The van der Waals surface area contributed by atoms with Gasteiger partial charge in [0, 0.05) is 56.6 Å². The lowest BCUT2D eigenvalue weighted by atomic mass is 10.0. The molecule has 1 aliphatic carbocycles. The number of rotatable bonds is 2. The minimum atomic E-state index is 0.0153. The van der Waals surface area contributed by atoms with Crippen LogP contribution in [-0.4, -0.2) is 64.3 Å². The maximum Gasteiger partial charge on any atom is 0.340 e. The van der Waals surface area contributed by atoms with Crippen molar-refractivity contribution >= 4 is 18.2 Å². The quantitative estimate of drug-likeness (QED) is 0.828. The molecule has 3 heterocycles. The first-order valence-electron chi connectivity index (χ1n) is 9.41. The minimum absolute atomic E-state index is 0.0153. The van der Waals surface area contributed by atoms with Gasteiger partial charge in [-0.05, 0) is 25.8 Å². The Balaban J connectivity index is 1.38. The second kappa shape index (κ2) is 6.98. The van der Waals surface area contributed by atoms with Gasteiger partial charge in [0.1, 0.15) is 0 Å². The van der Waals surface area contributed by atoms with Gasteiger partial charge in [-0.15, -0.1) is 0 Å². The average molecular weight is 342 g/mol. The smallest absolute Gasteiger partial charge is 0.337 e. The van der Waals surface area contributed by atoms with Crippen LogP contribution in [0.4, 0.5) is 10.7 Å². The van der Waals surface area contributed by atoms with Crippen LogP contribution in [0, 0.1) is 0 Å². The molecular formula is C18H26N6O. The number of piperazine rings is 1. The van der Waals surface area contributed by atoms with Gasteiger partial charge < -0.3 is 9.80 Å². The number of hydrogen-bond acceptors (Lipinski definition) is 5. The van der Waals surface area contributed by atoms with E-state index in [1.165, 1.54) is 31.4 Å². The number of amides is 2. The highest BCUT2D eigenvalue weighted by Crippen LogP contribution is 2.33. The third-order valence-corrected chi connectivity index (χ3v) is 5.54. The van der Waals surface area contributed by atoms with E-state index in [9.17, 15) is 4.79 Å². The summed E-state index contributed by atoms with van der Waals surface area (Å²) in [6.45, 7) is 4.95. The van der Waals surface area contributed by atoms with Crippen LogP contribution >= 0.6 is 0 Å². The SMILES string of the molecule is CC1CC=NN1C(=O)N1CCN(c2nccc(C3CCCC3)n2)CC1. The van der Waals surface area contributed by atoms with Crippen molar-refractivity contribution < 1.29 is 4.79 Å². The molecular weight excluding hydrogens is 316 g/mol. The fourth-order valence-electron chi connectivity index (χ4n) is 3.95. The van der Waals surface area contributed by atoms with Crippen LogP contribution in [0.5, 0.6) is 0 Å². The molecule has 1 saturated heterocycles. The lowest BCUT2D eigenvalue weighted by Gasteiger charge is -2.36. The van der Waals surface area contributed by atoms with Crippen molar-refractivity contribution in [2.24, 2.45) is 5.10 Å². The molecule has 1 unspecified atom stereocenters. The molecule has 25 heavy (non-hydrogen) atoms. The summed E-state index contributed by atoms with van der Waals surface area (Å²) in [6.07, 6.45) is 9.65. The molecule has 2 aliphatic heterocycles. The lowest BCUT2D eigenvalue weighted by molar-refractivity contribution is 0.142. The van der Waals surface area contributed by atoms with Crippen molar-refractivity contribution in [2.45, 2.75) is 51.0 Å². The maximum atomic E-state index is 12.6. The van der Waals surface area contributed by atoms with Crippen molar-refractivity contribution in [2.75, 3.05) is 31.1 Å². The average Bonchev–Trinajstić information content (AvgIpc) is 3.33. The van der Waals surface area contributed by atoms with Crippen LogP contribution in [0.3, 0.4) is 0 Å². The van der Waals surface area contributed by atoms with Crippen LogP contribution in [-0.2, 0) is 0 Å². The second-order valence-corrected chi connectivity index (χ2v) is 7.25. The third kappa shape index (κ3) is 3.32. The largest absolute Gasteiger partial charge is 0.340 e. The lowest BCUT2D eigenvalue weighted by Crippen LogP contribution is -2.53. The molecule has 2 fully saturated rings. The Morgan fingerprint density at radius 3 is 2.60 bits per heavy atom. The highest BCUT2D eigenvalue weighted by atomic mass is 16.2. The van der Waals surface area contributed by atoms with Gasteiger partial charge in [0.2, 0.25) is 5.95 Å². The zero-order valence-electron chi connectivity index (χ0n) is 14.8. The Morgan fingerprint density at radius 1 is 1.16 bits per heavy atom. The van der Waals surface area contributed by atoms with E-state index in [1.54, 1.807) is 5.01 Å². The van der Waals surface area contributed by atoms with E-state index in [1.807, 2.05) is 24.2 Å². The molecule has 1 atom stereocenters. The van der Waals surface area contributed by atoms with E-state index in [-0.39, 0.29) is 12.1 Å². The first kappa shape index (κ1) is 16.3. The van der Waals surface area contributed by atoms with E-state index in [4.69, 9.17) is 4.98 Å². The molecule has 0 N–H and O–H groups in total. The van der Waals surface area contributed by atoms with Gasteiger partial charge in [-0.3, -0.25) is 0 Å². The Labute approximate surface area is 148 Å². The molecule has 0 aromatic carbocycles. The number of nitrogens with zero attached hydrogens (tertiary/aromatic N) is 6. The summed E-state index contributed by atoms with van der Waals surface area (Å²) in [7, 11) is 0. The Hall–Kier alpha value is -2.18. The van der Waals surface area contributed by atoms with E-state index in [2.05, 4.69) is 21.1 Å². The number of hydrazone groups is 1. The molecule has 1 aromatic heterocycles. The molecule has 1 aromatic rings. The van der Waals surface area contributed by atoms with Gasteiger partial charge in [-0.1, -0.05) is 12.8 Å². The molecule has 134 valence electrons. The second-order valence-electron chi connectivity index (χ2n) is 7.25. The van der Waals surface area contributed by atoms with Crippen molar-refractivity contribution in [3.8, 4) is 0 Å². The summed E-state index contributed by atoms with van der Waals surface area (Å²) in [6, 6.07) is 2.24. The monoisotopic (exact) mass is 342 g/mol. The molecule has 1 saturated carbocycles. The first-order chi connectivity index (χ1) is 12.2. The summed E-state index contributed by atoms with van der Waals surface area (Å²) in [5.74, 6) is 1.41. The molecule has 0 spiro atoms. The third-order valence-electron chi connectivity index (χ3n) is 5.54. The highest BCUT2D eigenvalue weighted by molar-refractivity contribution is 5.78. The predicted octanol–water partition coefficient (Wildman–Crippen LogP) is 2.46. The Kier molecular flexibility index (Phi) is 4.55. The normalized spacial score (nSPS) is 24.4. The van der Waals surface area contributed by atoms with Gasteiger partial charge in [0.25, 0.3) is 0 Å². The van der Waals surface area contributed by atoms with Crippen LogP contribution in [0.1, 0.15) is 50.6 Å². The fourth-order valence-corrected chi connectivity index (χ4v) is 3.95. The molecule has 4 rings (SSSR count). The van der Waals surface area contributed by atoms with Crippen LogP contribution < -0.4 is 4.90 Å². The summed E-state index contributed by atoms with van der Waals surface area (Å²) in [4.78, 5) is 25.9.